The number of carbonyl (C=O) groups is 2. The summed E-state index contributed by atoms with van der Waals surface area (Å²) in [4.78, 5) is 28.3. The molecule has 1 saturated heterocycles. The van der Waals surface area contributed by atoms with Gasteiger partial charge in [0.2, 0.25) is 5.91 Å². The van der Waals surface area contributed by atoms with E-state index in [1.54, 1.807) is 4.90 Å². The summed E-state index contributed by atoms with van der Waals surface area (Å²) < 4.78 is 0. The standard InChI is InChI=1S/C19H29N3O2/c1-4-12-21(3)19(24)16-8-6-7-9-17(16)22-13-10-15(11-14-22)20-18(23)5-2/h6-9,15H,4-5,10-14H2,1-3H3,(H,20,23). The van der Waals surface area contributed by atoms with E-state index in [4.69, 9.17) is 0 Å². The van der Waals surface area contributed by atoms with Crippen molar-refractivity contribution in [2.75, 3.05) is 31.6 Å². The van der Waals surface area contributed by atoms with Gasteiger partial charge in [-0.15, -0.1) is 0 Å². The lowest BCUT2D eigenvalue weighted by atomic mass is 10.0. The van der Waals surface area contributed by atoms with Crippen LogP contribution >= 0.6 is 0 Å². The average molecular weight is 331 g/mol. The van der Waals surface area contributed by atoms with Crippen molar-refractivity contribution in [3.05, 3.63) is 29.8 Å². The van der Waals surface area contributed by atoms with Gasteiger partial charge in [0.15, 0.2) is 0 Å². The minimum atomic E-state index is 0.0776. The van der Waals surface area contributed by atoms with Crippen molar-refractivity contribution < 1.29 is 9.59 Å². The highest BCUT2D eigenvalue weighted by atomic mass is 16.2. The second-order valence-corrected chi connectivity index (χ2v) is 6.43. The highest BCUT2D eigenvalue weighted by molar-refractivity contribution is 5.99. The Bertz CT molecular complexity index is 565. The first-order chi connectivity index (χ1) is 11.6. The van der Waals surface area contributed by atoms with E-state index in [0.29, 0.717) is 6.42 Å². The Morgan fingerprint density at radius 1 is 1.21 bits per heavy atom. The van der Waals surface area contributed by atoms with Gasteiger partial charge >= 0.3 is 0 Å². The molecule has 132 valence electrons. The van der Waals surface area contributed by atoms with Crippen LogP contribution in [0.3, 0.4) is 0 Å². The summed E-state index contributed by atoms with van der Waals surface area (Å²) in [6.45, 7) is 6.43. The lowest BCUT2D eigenvalue weighted by molar-refractivity contribution is -0.121. The largest absolute Gasteiger partial charge is 0.371 e. The molecule has 0 aliphatic carbocycles. The molecule has 0 saturated carbocycles. The van der Waals surface area contributed by atoms with E-state index in [0.717, 1.165) is 50.1 Å². The van der Waals surface area contributed by atoms with Gasteiger partial charge in [0, 0.05) is 44.8 Å². The van der Waals surface area contributed by atoms with Crippen LogP contribution in [0.25, 0.3) is 0 Å². The monoisotopic (exact) mass is 331 g/mol. The van der Waals surface area contributed by atoms with Crippen molar-refractivity contribution in [3.8, 4) is 0 Å². The molecule has 0 unspecified atom stereocenters. The fraction of sp³-hybridized carbons (Fsp3) is 0.579. The molecule has 2 amide bonds. The van der Waals surface area contributed by atoms with E-state index in [2.05, 4.69) is 17.1 Å². The number of hydrogen-bond donors (Lipinski definition) is 1. The Morgan fingerprint density at radius 3 is 2.50 bits per heavy atom. The van der Waals surface area contributed by atoms with E-state index < -0.39 is 0 Å². The predicted molar refractivity (Wildman–Crippen MR) is 97.4 cm³/mol. The number of amides is 2. The zero-order valence-electron chi connectivity index (χ0n) is 15.0. The van der Waals surface area contributed by atoms with Crippen LogP contribution in [0.4, 0.5) is 5.69 Å². The van der Waals surface area contributed by atoms with Gasteiger partial charge in [0.1, 0.15) is 0 Å². The number of nitrogens with zero attached hydrogens (tertiary/aromatic N) is 2. The van der Waals surface area contributed by atoms with Crippen LogP contribution in [0.1, 0.15) is 49.9 Å². The topological polar surface area (TPSA) is 52.7 Å². The fourth-order valence-electron chi connectivity index (χ4n) is 3.17. The van der Waals surface area contributed by atoms with Crippen molar-refractivity contribution in [2.45, 2.75) is 45.6 Å². The van der Waals surface area contributed by atoms with Gasteiger partial charge in [-0.25, -0.2) is 0 Å². The zero-order chi connectivity index (χ0) is 17.5. The Hall–Kier alpha value is -2.04. The number of rotatable bonds is 6. The normalized spacial score (nSPS) is 15.2. The Labute approximate surface area is 145 Å². The number of nitrogens with one attached hydrogen (secondary N) is 1. The first-order valence-electron chi connectivity index (χ1n) is 8.95. The minimum absolute atomic E-state index is 0.0776. The number of carbonyl (C=O) groups excluding carboxylic acids is 2. The average Bonchev–Trinajstić information content (AvgIpc) is 2.62. The second-order valence-electron chi connectivity index (χ2n) is 6.43. The van der Waals surface area contributed by atoms with E-state index in [-0.39, 0.29) is 17.9 Å². The molecule has 1 aromatic rings. The summed E-state index contributed by atoms with van der Waals surface area (Å²) in [5.74, 6) is 0.194. The maximum absolute atomic E-state index is 12.7. The molecule has 0 spiro atoms. The number of benzene rings is 1. The van der Waals surface area contributed by atoms with Crippen molar-refractivity contribution in [2.24, 2.45) is 0 Å². The molecule has 1 heterocycles. The van der Waals surface area contributed by atoms with E-state index >= 15 is 0 Å². The molecular formula is C19H29N3O2. The second kappa shape index (κ2) is 8.71. The quantitative estimate of drug-likeness (QED) is 0.872. The predicted octanol–water partition coefficient (Wildman–Crippen LogP) is 2.66. The summed E-state index contributed by atoms with van der Waals surface area (Å²) in [6.07, 6.45) is 3.31. The Kier molecular flexibility index (Phi) is 6.64. The summed E-state index contributed by atoms with van der Waals surface area (Å²) in [7, 11) is 1.86. The lowest BCUT2D eigenvalue weighted by Gasteiger charge is -2.35. The molecule has 1 fully saturated rings. The van der Waals surface area contributed by atoms with Crippen molar-refractivity contribution in [1.29, 1.82) is 0 Å². The van der Waals surface area contributed by atoms with Crippen LogP contribution in [-0.2, 0) is 4.79 Å². The first-order valence-corrected chi connectivity index (χ1v) is 8.95. The minimum Gasteiger partial charge on any atom is -0.371 e. The molecule has 1 N–H and O–H groups in total. The van der Waals surface area contributed by atoms with Crippen LogP contribution in [0.5, 0.6) is 0 Å². The van der Waals surface area contributed by atoms with E-state index in [1.807, 2.05) is 38.2 Å². The van der Waals surface area contributed by atoms with Crippen LogP contribution in [0.15, 0.2) is 24.3 Å². The van der Waals surface area contributed by atoms with Crippen molar-refractivity contribution in [3.63, 3.8) is 0 Å². The summed E-state index contributed by atoms with van der Waals surface area (Å²) in [5.41, 5.74) is 1.77. The molecule has 24 heavy (non-hydrogen) atoms. The number of piperidine rings is 1. The SMILES string of the molecule is CCCN(C)C(=O)c1ccccc1N1CCC(NC(=O)CC)CC1. The Balaban J connectivity index is 2.06. The van der Waals surface area contributed by atoms with Crippen LogP contribution in [-0.4, -0.2) is 49.4 Å². The summed E-state index contributed by atoms with van der Waals surface area (Å²) in [5, 5.41) is 3.07. The van der Waals surface area contributed by atoms with Crippen LogP contribution in [0.2, 0.25) is 0 Å². The Morgan fingerprint density at radius 2 is 1.88 bits per heavy atom. The van der Waals surface area contributed by atoms with E-state index in [9.17, 15) is 9.59 Å². The van der Waals surface area contributed by atoms with Gasteiger partial charge in [0.25, 0.3) is 5.91 Å². The van der Waals surface area contributed by atoms with Gasteiger partial charge in [-0.3, -0.25) is 9.59 Å². The zero-order valence-corrected chi connectivity index (χ0v) is 15.0. The van der Waals surface area contributed by atoms with Crippen molar-refractivity contribution in [1.82, 2.24) is 10.2 Å². The highest BCUT2D eigenvalue weighted by Gasteiger charge is 2.24. The van der Waals surface area contributed by atoms with Gasteiger partial charge < -0.3 is 15.1 Å². The van der Waals surface area contributed by atoms with E-state index in [1.165, 1.54) is 0 Å². The molecule has 2 rings (SSSR count). The number of para-hydroxylation sites is 1. The van der Waals surface area contributed by atoms with Gasteiger partial charge in [-0.1, -0.05) is 26.0 Å². The van der Waals surface area contributed by atoms with Crippen molar-refractivity contribution >= 4 is 17.5 Å². The van der Waals surface area contributed by atoms with Gasteiger partial charge in [-0.2, -0.15) is 0 Å². The summed E-state index contributed by atoms with van der Waals surface area (Å²) >= 11 is 0. The molecule has 0 aromatic heterocycles. The van der Waals surface area contributed by atoms with Crippen LogP contribution < -0.4 is 10.2 Å². The third-order valence-corrected chi connectivity index (χ3v) is 4.56. The number of hydrogen-bond acceptors (Lipinski definition) is 3. The van der Waals surface area contributed by atoms with Crippen LogP contribution in [0, 0.1) is 0 Å². The highest BCUT2D eigenvalue weighted by Crippen LogP contribution is 2.25. The molecule has 0 radical (unpaired) electrons. The lowest BCUT2D eigenvalue weighted by Crippen LogP contribution is -2.45. The molecule has 1 aliphatic heterocycles. The van der Waals surface area contributed by atoms with Gasteiger partial charge in [0.05, 0.1) is 5.56 Å². The first kappa shape index (κ1) is 18.3. The molecule has 0 atom stereocenters. The molecule has 5 nitrogen and oxygen atoms in total. The third kappa shape index (κ3) is 4.49. The molecular weight excluding hydrogens is 302 g/mol. The molecule has 1 aromatic carbocycles. The van der Waals surface area contributed by atoms with Gasteiger partial charge in [-0.05, 0) is 31.4 Å². The smallest absolute Gasteiger partial charge is 0.255 e. The third-order valence-electron chi connectivity index (χ3n) is 4.56. The molecule has 5 heteroatoms. The molecule has 1 aliphatic rings. The molecule has 0 bridgehead atoms. The maximum atomic E-state index is 12.7. The number of anilines is 1. The fourth-order valence-corrected chi connectivity index (χ4v) is 3.17. The summed E-state index contributed by atoms with van der Waals surface area (Å²) in [6, 6.07) is 8.09. The maximum Gasteiger partial charge on any atom is 0.255 e.